The molecule has 0 saturated carbocycles. The van der Waals surface area contributed by atoms with Crippen molar-refractivity contribution < 1.29 is 13.9 Å². The summed E-state index contributed by atoms with van der Waals surface area (Å²) in [6.45, 7) is 0.553. The van der Waals surface area contributed by atoms with Crippen LogP contribution in [-0.4, -0.2) is 30.2 Å². The van der Waals surface area contributed by atoms with E-state index in [9.17, 15) is 9.59 Å². The first-order valence-corrected chi connectivity index (χ1v) is 12.0. The van der Waals surface area contributed by atoms with E-state index in [0.717, 1.165) is 26.0 Å². The molecule has 9 heteroatoms. The van der Waals surface area contributed by atoms with Crippen molar-refractivity contribution in [1.29, 1.82) is 0 Å². The number of thioether (sulfide) groups is 1. The van der Waals surface area contributed by atoms with Gasteiger partial charge in [-0.1, -0.05) is 22.0 Å². The molecule has 0 radical (unpaired) electrons. The van der Waals surface area contributed by atoms with Crippen molar-refractivity contribution in [3.05, 3.63) is 71.4 Å². The highest BCUT2D eigenvalue weighted by molar-refractivity contribution is 9.11. The van der Waals surface area contributed by atoms with Crippen LogP contribution in [0.1, 0.15) is 21.3 Å². The van der Waals surface area contributed by atoms with Crippen LogP contribution in [0.15, 0.2) is 59.0 Å². The Bertz CT molecular complexity index is 1180. The first-order valence-electron chi connectivity index (χ1n) is 8.58. The van der Waals surface area contributed by atoms with E-state index in [1.165, 1.54) is 0 Å². The Kier molecular flexibility index (Phi) is 6.11. The molecule has 1 unspecified atom stereocenters. The first kappa shape index (κ1) is 21.0. The minimum atomic E-state index is -0.642. The summed E-state index contributed by atoms with van der Waals surface area (Å²) in [4.78, 5) is 27.5. The largest absolute Gasteiger partial charge is 0.496 e. The second-order valence-electron chi connectivity index (χ2n) is 6.37. The van der Waals surface area contributed by atoms with Gasteiger partial charge in [0.1, 0.15) is 16.7 Å². The number of carbonyl (C=O) groups is 1. The molecule has 0 aliphatic carbocycles. The molecule has 2 aromatic carbocycles. The fraction of sp³-hybridized carbons (Fsp3) is 0.200. The molecule has 1 aliphatic heterocycles. The minimum absolute atomic E-state index is 0.0302. The number of nitrogens with zero attached hydrogens (tertiary/aromatic N) is 1. The van der Waals surface area contributed by atoms with Crippen LogP contribution < -0.4 is 10.4 Å². The van der Waals surface area contributed by atoms with E-state index >= 15 is 0 Å². The quantitative estimate of drug-likeness (QED) is 0.345. The molecule has 0 N–H and O–H groups in total. The van der Waals surface area contributed by atoms with Crippen LogP contribution in [0.25, 0.3) is 11.0 Å². The van der Waals surface area contributed by atoms with Crippen LogP contribution in [0, 0.1) is 0 Å². The molecule has 150 valence electrons. The van der Waals surface area contributed by atoms with Crippen LogP contribution in [0.3, 0.4) is 0 Å². The highest BCUT2D eigenvalue weighted by Gasteiger charge is 2.33. The maximum Gasteiger partial charge on any atom is 0.349 e. The summed E-state index contributed by atoms with van der Waals surface area (Å²) in [7, 11) is 1.61. The molecule has 4 rings (SSSR count). The number of methoxy groups -OCH3 is 1. The highest BCUT2D eigenvalue weighted by atomic mass is 79.9. The summed E-state index contributed by atoms with van der Waals surface area (Å²) < 4.78 is 13.0. The van der Waals surface area contributed by atoms with E-state index in [0.29, 0.717) is 22.0 Å². The minimum Gasteiger partial charge on any atom is -0.496 e. The maximum absolute atomic E-state index is 13.3. The number of hydrogen-bond acceptors (Lipinski definition) is 5. The van der Waals surface area contributed by atoms with Crippen LogP contribution >= 0.6 is 59.6 Å². The Balaban J connectivity index is 1.72. The average Bonchev–Trinajstić information content (AvgIpc) is 3.17. The van der Waals surface area contributed by atoms with Crippen molar-refractivity contribution in [1.82, 2.24) is 4.90 Å². The zero-order chi connectivity index (χ0) is 20.7. The van der Waals surface area contributed by atoms with Crippen molar-refractivity contribution in [2.24, 2.45) is 0 Å². The third-order valence-corrected chi connectivity index (χ3v) is 7.52. The normalized spacial score (nSPS) is 16.4. The topological polar surface area (TPSA) is 59.8 Å². The molecule has 1 saturated heterocycles. The number of fused-ring (bicyclic) bond motifs is 1. The van der Waals surface area contributed by atoms with Gasteiger partial charge in [0.2, 0.25) is 0 Å². The monoisotopic (exact) mass is 601 g/mol. The van der Waals surface area contributed by atoms with Crippen molar-refractivity contribution in [2.75, 3.05) is 19.4 Å². The maximum atomic E-state index is 13.3. The van der Waals surface area contributed by atoms with Gasteiger partial charge in [-0.25, -0.2) is 4.79 Å². The second-order valence-corrected chi connectivity index (χ2v) is 10.2. The van der Waals surface area contributed by atoms with Gasteiger partial charge in [0, 0.05) is 22.2 Å². The molecule has 1 fully saturated rings. The number of amides is 1. The lowest BCUT2D eigenvalue weighted by Gasteiger charge is -2.24. The molecule has 1 atom stereocenters. The highest BCUT2D eigenvalue weighted by Crippen LogP contribution is 2.41. The molecule has 1 amide bonds. The van der Waals surface area contributed by atoms with Crippen LogP contribution in [0.4, 0.5) is 0 Å². The summed E-state index contributed by atoms with van der Waals surface area (Å²) in [6, 6.07) is 10.9. The van der Waals surface area contributed by atoms with E-state index in [1.807, 2.05) is 24.3 Å². The van der Waals surface area contributed by atoms with Crippen molar-refractivity contribution >= 4 is 76.4 Å². The number of carbonyl (C=O) groups excluding carboxylic acids is 1. The van der Waals surface area contributed by atoms with Gasteiger partial charge in [-0.15, -0.1) is 11.8 Å². The fourth-order valence-electron chi connectivity index (χ4n) is 3.25. The van der Waals surface area contributed by atoms with Crippen molar-refractivity contribution in [3.8, 4) is 5.75 Å². The average molecular weight is 604 g/mol. The van der Waals surface area contributed by atoms with Gasteiger partial charge in [-0.05, 0) is 67.8 Å². The molecule has 0 bridgehead atoms. The summed E-state index contributed by atoms with van der Waals surface area (Å²) >= 11 is 12.0. The predicted molar refractivity (Wildman–Crippen MR) is 125 cm³/mol. The standard InChI is InChI=1S/C20H14Br3NO4S/c1-27-16-3-2-10(8-14(16)22)19-24(4-5-29-19)18(25)13-7-11-6-12(21)9-15(23)17(11)28-20(13)26/h2-3,6-9,19H,4-5H2,1H3. The zero-order valence-corrected chi connectivity index (χ0v) is 20.7. The van der Waals surface area contributed by atoms with Gasteiger partial charge in [0.05, 0.1) is 16.1 Å². The first-order chi connectivity index (χ1) is 13.9. The van der Waals surface area contributed by atoms with Gasteiger partial charge >= 0.3 is 5.63 Å². The Labute approximate surface area is 196 Å². The van der Waals surface area contributed by atoms with Gasteiger partial charge in [-0.3, -0.25) is 4.79 Å². The number of ether oxygens (including phenoxy) is 1. The SMILES string of the molecule is COc1ccc(C2SCCN2C(=O)c2cc3cc(Br)cc(Br)c3oc2=O)cc1Br. The van der Waals surface area contributed by atoms with Crippen molar-refractivity contribution in [2.45, 2.75) is 5.37 Å². The Hall–Kier alpha value is -1.29. The van der Waals surface area contributed by atoms with Crippen LogP contribution in [-0.2, 0) is 0 Å². The van der Waals surface area contributed by atoms with E-state index in [1.54, 1.807) is 35.9 Å². The zero-order valence-electron chi connectivity index (χ0n) is 15.1. The molecule has 0 spiro atoms. The summed E-state index contributed by atoms with van der Waals surface area (Å²) in [5, 5.41) is 0.485. The number of benzene rings is 2. The lowest BCUT2D eigenvalue weighted by molar-refractivity contribution is 0.0756. The van der Waals surface area contributed by atoms with E-state index in [-0.39, 0.29) is 16.8 Å². The lowest BCUT2D eigenvalue weighted by atomic mass is 10.1. The second kappa shape index (κ2) is 8.45. The molecular weight excluding hydrogens is 590 g/mol. The van der Waals surface area contributed by atoms with Crippen molar-refractivity contribution in [3.63, 3.8) is 0 Å². The third-order valence-electron chi connectivity index (χ3n) is 4.59. The van der Waals surface area contributed by atoms with Gasteiger partial charge < -0.3 is 14.1 Å². The van der Waals surface area contributed by atoms with Gasteiger partial charge in [0.15, 0.2) is 5.58 Å². The summed E-state index contributed by atoms with van der Waals surface area (Å²) in [6.07, 6.45) is 0. The van der Waals surface area contributed by atoms with Crippen LogP contribution in [0.2, 0.25) is 0 Å². The van der Waals surface area contributed by atoms with Crippen LogP contribution in [0.5, 0.6) is 5.75 Å². The van der Waals surface area contributed by atoms with Gasteiger partial charge in [-0.2, -0.15) is 0 Å². The predicted octanol–water partition coefficient (Wildman–Crippen LogP) is 5.98. The van der Waals surface area contributed by atoms with E-state index < -0.39 is 5.63 Å². The number of rotatable bonds is 3. The fourth-order valence-corrected chi connectivity index (χ4v) is 6.39. The molecule has 5 nitrogen and oxygen atoms in total. The third kappa shape index (κ3) is 4.02. The van der Waals surface area contributed by atoms with E-state index in [2.05, 4.69) is 47.8 Å². The Morgan fingerprint density at radius 2 is 1.97 bits per heavy atom. The molecule has 1 aliphatic rings. The number of hydrogen-bond donors (Lipinski definition) is 0. The van der Waals surface area contributed by atoms with Gasteiger partial charge in [0.25, 0.3) is 5.91 Å². The summed E-state index contributed by atoms with van der Waals surface area (Å²) in [5.41, 5.74) is 0.769. The molecule has 1 aromatic heterocycles. The Morgan fingerprint density at radius 1 is 1.17 bits per heavy atom. The molecular formula is C20H14Br3NO4S. The van der Waals surface area contributed by atoms with E-state index in [4.69, 9.17) is 9.15 Å². The molecule has 2 heterocycles. The Morgan fingerprint density at radius 3 is 2.69 bits per heavy atom. The molecule has 3 aromatic rings. The smallest absolute Gasteiger partial charge is 0.349 e. The number of halogens is 3. The molecule has 29 heavy (non-hydrogen) atoms. The summed E-state index contributed by atoms with van der Waals surface area (Å²) in [5.74, 6) is 1.18. The lowest BCUT2D eigenvalue weighted by Crippen LogP contribution is -2.33.